The summed E-state index contributed by atoms with van der Waals surface area (Å²) in [4.78, 5) is 21.1. The summed E-state index contributed by atoms with van der Waals surface area (Å²) in [5, 5.41) is 0. The SMILES string of the molecule is Cc1n(C=O)cc[n+]1-c1cc1=O. The lowest BCUT2D eigenvalue weighted by molar-refractivity contribution is -0.598. The average Bonchev–Trinajstić information content (AvgIpc) is 2.63. The molecule has 0 spiro atoms. The summed E-state index contributed by atoms with van der Waals surface area (Å²) in [5.41, 5.74) is 0.680. The van der Waals surface area contributed by atoms with Gasteiger partial charge in [-0.15, -0.1) is 0 Å². The average molecular weight is 163 g/mol. The van der Waals surface area contributed by atoms with Crippen molar-refractivity contribution in [3.05, 3.63) is 34.5 Å². The van der Waals surface area contributed by atoms with Gasteiger partial charge in [0.25, 0.3) is 5.82 Å². The highest BCUT2D eigenvalue weighted by Crippen LogP contribution is 1.98. The van der Waals surface area contributed by atoms with Gasteiger partial charge in [0.1, 0.15) is 12.4 Å². The Morgan fingerprint density at radius 1 is 1.58 bits per heavy atom. The van der Waals surface area contributed by atoms with Crippen LogP contribution in [0.5, 0.6) is 0 Å². The second-order valence-corrected chi connectivity index (χ2v) is 2.62. The quantitative estimate of drug-likeness (QED) is 0.436. The molecule has 0 atom stereocenters. The Hall–Kier alpha value is -1.71. The van der Waals surface area contributed by atoms with E-state index in [0.717, 1.165) is 5.82 Å². The van der Waals surface area contributed by atoms with Crippen LogP contribution < -0.4 is 10.00 Å². The van der Waals surface area contributed by atoms with Crippen LogP contribution in [0.15, 0.2) is 23.3 Å². The number of hydrogen-bond donors (Lipinski definition) is 0. The van der Waals surface area contributed by atoms with Crippen LogP contribution in [0.3, 0.4) is 0 Å². The van der Waals surface area contributed by atoms with Gasteiger partial charge >= 0.3 is 6.41 Å². The van der Waals surface area contributed by atoms with Crippen molar-refractivity contribution in [2.24, 2.45) is 0 Å². The van der Waals surface area contributed by atoms with Crippen LogP contribution in [0.2, 0.25) is 0 Å². The lowest BCUT2D eigenvalue weighted by Crippen LogP contribution is -2.31. The fourth-order valence-electron chi connectivity index (χ4n) is 1.12. The van der Waals surface area contributed by atoms with Crippen molar-refractivity contribution in [1.82, 2.24) is 4.57 Å². The van der Waals surface area contributed by atoms with E-state index in [9.17, 15) is 9.59 Å². The summed E-state index contributed by atoms with van der Waals surface area (Å²) in [6, 6.07) is 1.53. The highest BCUT2D eigenvalue weighted by Gasteiger charge is 2.21. The molecule has 60 valence electrons. The van der Waals surface area contributed by atoms with Gasteiger partial charge in [-0.2, -0.15) is 9.13 Å². The number of carbonyl (C=O) groups excluding carboxylic acids is 1. The van der Waals surface area contributed by atoms with Crippen molar-refractivity contribution in [2.75, 3.05) is 0 Å². The number of imidazole rings is 1. The normalized spacial score (nSPS) is 10.8. The van der Waals surface area contributed by atoms with E-state index in [1.807, 2.05) is 0 Å². The first-order chi connectivity index (χ1) is 5.74. The Kier molecular flexibility index (Phi) is 1.24. The van der Waals surface area contributed by atoms with Gasteiger partial charge in [0, 0.05) is 13.0 Å². The van der Waals surface area contributed by atoms with Crippen LogP contribution in [-0.2, 0) is 4.79 Å². The first-order valence-electron chi connectivity index (χ1n) is 3.55. The van der Waals surface area contributed by atoms with Gasteiger partial charge in [-0.25, -0.2) is 0 Å². The first kappa shape index (κ1) is 6.97. The summed E-state index contributed by atoms with van der Waals surface area (Å²) in [6.45, 7) is 1.78. The standard InChI is InChI=1S/C8H7N2O2/c1-6-9(5-11)2-3-10(6)7-4-8(7)12/h2-5H,1H3/q+1. The molecular weight excluding hydrogens is 156 g/mol. The second-order valence-electron chi connectivity index (χ2n) is 2.62. The molecule has 0 bridgehead atoms. The first-order valence-corrected chi connectivity index (χ1v) is 3.55. The fourth-order valence-corrected chi connectivity index (χ4v) is 1.12. The molecule has 0 saturated heterocycles. The van der Waals surface area contributed by atoms with Gasteiger partial charge in [0.05, 0.1) is 0 Å². The molecular formula is C8H7N2O2+. The van der Waals surface area contributed by atoms with E-state index < -0.39 is 0 Å². The van der Waals surface area contributed by atoms with Crippen LogP contribution in [0.4, 0.5) is 0 Å². The molecule has 2 aromatic rings. The molecule has 2 rings (SSSR count). The predicted octanol–water partition coefficient (Wildman–Crippen LogP) is -0.653. The van der Waals surface area contributed by atoms with Crippen LogP contribution >= 0.6 is 0 Å². The summed E-state index contributed by atoms with van der Waals surface area (Å²) < 4.78 is 3.11. The van der Waals surface area contributed by atoms with Gasteiger partial charge in [-0.3, -0.25) is 9.59 Å². The summed E-state index contributed by atoms with van der Waals surface area (Å²) in [7, 11) is 0. The third-order valence-corrected chi connectivity index (χ3v) is 1.91. The van der Waals surface area contributed by atoms with Crippen LogP contribution in [0.25, 0.3) is 5.69 Å². The number of rotatable bonds is 2. The zero-order valence-electron chi connectivity index (χ0n) is 6.52. The van der Waals surface area contributed by atoms with E-state index in [1.54, 1.807) is 23.9 Å². The maximum Gasteiger partial charge on any atom is 0.302 e. The summed E-state index contributed by atoms with van der Waals surface area (Å²) in [5.74, 6) is 0.738. The summed E-state index contributed by atoms with van der Waals surface area (Å²) >= 11 is 0. The van der Waals surface area contributed by atoms with Crippen molar-refractivity contribution >= 4 is 6.41 Å². The van der Waals surface area contributed by atoms with Crippen molar-refractivity contribution < 1.29 is 9.36 Å². The Balaban J connectivity index is 2.54. The lowest BCUT2D eigenvalue weighted by Gasteiger charge is -1.86. The van der Waals surface area contributed by atoms with Crippen LogP contribution in [-0.4, -0.2) is 11.0 Å². The number of carbonyl (C=O) groups is 1. The summed E-state index contributed by atoms with van der Waals surface area (Å²) in [6.07, 6.45) is 4.02. The number of hydrogen-bond acceptors (Lipinski definition) is 2. The van der Waals surface area contributed by atoms with Crippen molar-refractivity contribution in [3.63, 3.8) is 0 Å². The topological polar surface area (TPSA) is 43.0 Å². The molecule has 0 aliphatic rings. The van der Waals surface area contributed by atoms with E-state index in [0.29, 0.717) is 12.1 Å². The maximum absolute atomic E-state index is 10.7. The fraction of sp³-hybridized carbons (Fsp3) is 0.125. The molecule has 4 heteroatoms. The highest BCUT2D eigenvalue weighted by molar-refractivity contribution is 5.52. The van der Waals surface area contributed by atoms with Crippen molar-refractivity contribution in [2.45, 2.75) is 6.92 Å². The molecule has 1 aromatic heterocycles. The molecule has 0 radical (unpaired) electrons. The molecule has 0 unspecified atom stereocenters. The van der Waals surface area contributed by atoms with E-state index in [1.165, 1.54) is 10.6 Å². The third-order valence-electron chi connectivity index (χ3n) is 1.91. The predicted molar refractivity (Wildman–Crippen MR) is 41.5 cm³/mol. The van der Waals surface area contributed by atoms with Gasteiger partial charge in [-0.05, 0) is 0 Å². The minimum Gasteiger partial charge on any atom is -0.285 e. The third kappa shape index (κ3) is 0.812. The number of nitrogens with zero attached hydrogens (tertiary/aromatic N) is 2. The minimum absolute atomic E-state index is 0.0340. The number of aromatic nitrogens is 2. The highest BCUT2D eigenvalue weighted by atomic mass is 16.1. The zero-order valence-corrected chi connectivity index (χ0v) is 6.52. The molecule has 12 heavy (non-hydrogen) atoms. The molecule has 0 saturated carbocycles. The Morgan fingerprint density at radius 3 is 2.67 bits per heavy atom. The second kappa shape index (κ2) is 2.14. The smallest absolute Gasteiger partial charge is 0.285 e. The monoisotopic (exact) mass is 163 g/mol. The zero-order chi connectivity index (χ0) is 8.72. The molecule has 0 fully saturated rings. The van der Waals surface area contributed by atoms with Gasteiger partial charge in [-0.1, -0.05) is 0 Å². The molecule has 0 amide bonds. The van der Waals surface area contributed by atoms with Gasteiger partial charge < -0.3 is 0 Å². The molecule has 0 N–H and O–H groups in total. The molecule has 1 aromatic carbocycles. The largest absolute Gasteiger partial charge is 0.302 e. The van der Waals surface area contributed by atoms with Crippen LogP contribution in [0, 0.1) is 6.92 Å². The van der Waals surface area contributed by atoms with Gasteiger partial charge in [0.2, 0.25) is 5.43 Å². The molecule has 0 aliphatic carbocycles. The lowest BCUT2D eigenvalue weighted by atomic mass is 10.6. The van der Waals surface area contributed by atoms with E-state index >= 15 is 0 Å². The Morgan fingerprint density at radius 2 is 2.25 bits per heavy atom. The van der Waals surface area contributed by atoms with Gasteiger partial charge in [0.15, 0.2) is 5.69 Å². The Bertz CT molecular complexity index is 446. The van der Waals surface area contributed by atoms with E-state index in [-0.39, 0.29) is 5.43 Å². The van der Waals surface area contributed by atoms with Crippen LogP contribution in [0.1, 0.15) is 5.82 Å². The van der Waals surface area contributed by atoms with Crippen molar-refractivity contribution in [3.8, 4) is 5.69 Å². The Labute approximate surface area is 68.4 Å². The molecule has 4 nitrogen and oxygen atoms in total. The van der Waals surface area contributed by atoms with E-state index in [4.69, 9.17) is 0 Å². The maximum atomic E-state index is 10.7. The molecule has 0 aliphatic heterocycles. The molecule has 1 heterocycles. The van der Waals surface area contributed by atoms with Crippen molar-refractivity contribution in [1.29, 1.82) is 0 Å². The van der Waals surface area contributed by atoms with E-state index in [2.05, 4.69) is 0 Å². The minimum atomic E-state index is 0.0340.